The Hall–Kier alpha value is -1.17. The van der Waals surface area contributed by atoms with Crippen molar-refractivity contribution in [1.29, 1.82) is 0 Å². The number of hydrogen-bond acceptors (Lipinski definition) is 4. The monoisotopic (exact) mass is 242 g/mol. The van der Waals surface area contributed by atoms with E-state index >= 15 is 0 Å². The average Bonchev–Trinajstić information content (AvgIpc) is 2.26. The van der Waals surface area contributed by atoms with Crippen LogP contribution in [0.4, 0.5) is 0 Å². The van der Waals surface area contributed by atoms with E-state index in [1.165, 1.54) is 18.2 Å². The lowest BCUT2D eigenvalue weighted by atomic mass is 10.2. The molecule has 4 nitrogen and oxygen atoms in total. The number of aliphatic hydroxyl groups is 1. The Bertz CT molecular complexity index is 447. The maximum absolute atomic E-state index is 11.6. The summed E-state index contributed by atoms with van der Waals surface area (Å²) < 4.78 is 27.9. The molecule has 1 rings (SSSR count). The highest BCUT2D eigenvalue weighted by molar-refractivity contribution is 7.86. The third-order valence-corrected chi connectivity index (χ3v) is 3.27. The van der Waals surface area contributed by atoms with Crippen LogP contribution in [0.2, 0.25) is 0 Å². The zero-order chi connectivity index (χ0) is 12.2. The van der Waals surface area contributed by atoms with Crippen molar-refractivity contribution in [2.45, 2.75) is 17.9 Å². The molecule has 1 N–H and O–H groups in total. The first-order valence-corrected chi connectivity index (χ1v) is 6.13. The van der Waals surface area contributed by atoms with Crippen LogP contribution in [0.25, 0.3) is 0 Å². The van der Waals surface area contributed by atoms with Crippen LogP contribution in [-0.2, 0) is 14.3 Å². The zero-order valence-corrected chi connectivity index (χ0v) is 9.78. The van der Waals surface area contributed by atoms with Crippen LogP contribution in [0.15, 0.2) is 41.8 Å². The molecule has 0 aliphatic carbocycles. The van der Waals surface area contributed by atoms with E-state index in [0.717, 1.165) is 5.56 Å². The molecule has 0 bridgehead atoms. The Balaban J connectivity index is 2.78. The van der Waals surface area contributed by atoms with Crippen LogP contribution in [0.5, 0.6) is 0 Å². The molecular weight excluding hydrogens is 228 g/mol. The lowest BCUT2D eigenvalue weighted by molar-refractivity contribution is 0.148. The molecule has 88 valence electrons. The van der Waals surface area contributed by atoms with Gasteiger partial charge < -0.3 is 5.11 Å². The summed E-state index contributed by atoms with van der Waals surface area (Å²) >= 11 is 0. The van der Waals surface area contributed by atoms with Crippen molar-refractivity contribution in [3.63, 3.8) is 0 Å². The van der Waals surface area contributed by atoms with Gasteiger partial charge in [0.1, 0.15) is 0 Å². The molecule has 1 atom stereocenters. The topological polar surface area (TPSA) is 63.6 Å². The summed E-state index contributed by atoms with van der Waals surface area (Å²) in [5.41, 5.74) is 0.963. The summed E-state index contributed by atoms with van der Waals surface area (Å²) in [6.45, 7) is 4.86. The lowest BCUT2D eigenvalue weighted by Gasteiger charge is -2.07. The SMILES string of the molecule is C=CC(O)COS(=O)(=O)c1ccc(C)cc1. The quantitative estimate of drug-likeness (QED) is 0.623. The van der Waals surface area contributed by atoms with Crippen LogP contribution < -0.4 is 0 Å². The molecule has 0 fully saturated rings. The minimum Gasteiger partial charge on any atom is -0.387 e. The van der Waals surface area contributed by atoms with Crippen LogP contribution in [0, 0.1) is 6.92 Å². The van der Waals surface area contributed by atoms with E-state index in [4.69, 9.17) is 5.11 Å². The van der Waals surface area contributed by atoms with Gasteiger partial charge in [0.15, 0.2) is 0 Å². The number of aryl methyl sites for hydroxylation is 1. The Labute approximate surface area is 95.3 Å². The highest BCUT2D eigenvalue weighted by Crippen LogP contribution is 2.13. The maximum atomic E-state index is 11.6. The standard InChI is InChI=1S/C11H14O4S/c1-3-10(12)8-15-16(13,14)11-6-4-9(2)5-7-11/h3-7,10,12H,1,8H2,2H3. The highest BCUT2D eigenvalue weighted by atomic mass is 32.2. The van der Waals surface area contributed by atoms with E-state index in [1.807, 2.05) is 6.92 Å². The Morgan fingerprint density at radius 2 is 2.00 bits per heavy atom. The normalized spacial score (nSPS) is 13.4. The number of benzene rings is 1. The molecule has 5 heteroatoms. The molecule has 0 aliphatic heterocycles. The van der Waals surface area contributed by atoms with Crippen molar-refractivity contribution in [1.82, 2.24) is 0 Å². The Morgan fingerprint density at radius 3 is 2.50 bits per heavy atom. The molecule has 0 heterocycles. The molecule has 0 aromatic heterocycles. The number of rotatable bonds is 5. The summed E-state index contributed by atoms with van der Waals surface area (Å²) in [7, 11) is -3.79. The summed E-state index contributed by atoms with van der Waals surface area (Å²) in [6, 6.07) is 6.29. The van der Waals surface area contributed by atoms with Crippen molar-refractivity contribution in [3.05, 3.63) is 42.5 Å². The fourth-order valence-electron chi connectivity index (χ4n) is 1.00. The van der Waals surface area contributed by atoms with E-state index < -0.39 is 16.2 Å². The highest BCUT2D eigenvalue weighted by Gasteiger charge is 2.15. The molecule has 0 aliphatic rings. The van der Waals surface area contributed by atoms with Crippen molar-refractivity contribution in [3.8, 4) is 0 Å². The third-order valence-electron chi connectivity index (χ3n) is 1.98. The van der Waals surface area contributed by atoms with Crippen LogP contribution in [0.3, 0.4) is 0 Å². The largest absolute Gasteiger partial charge is 0.387 e. The predicted molar refractivity (Wildman–Crippen MR) is 60.5 cm³/mol. The second-order valence-corrected chi connectivity index (χ2v) is 4.97. The molecule has 1 aromatic carbocycles. The van der Waals surface area contributed by atoms with E-state index in [-0.39, 0.29) is 11.5 Å². The van der Waals surface area contributed by atoms with Gasteiger partial charge in [-0.05, 0) is 19.1 Å². The number of hydrogen-bond donors (Lipinski definition) is 1. The fourth-order valence-corrected chi connectivity index (χ4v) is 1.92. The summed E-state index contributed by atoms with van der Waals surface area (Å²) in [5.74, 6) is 0. The van der Waals surface area contributed by atoms with Crippen molar-refractivity contribution < 1.29 is 17.7 Å². The Morgan fingerprint density at radius 1 is 1.44 bits per heavy atom. The number of aliphatic hydroxyl groups excluding tert-OH is 1. The summed E-state index contributed by atoms with van der Waals surface area (Å²) in [6.07, 6.45) is 0.227. The minimum atomic E-state index is -3.79. The van der Waals surface area contributed by atoms with Gasteiger partial charge in [0.05, 0.1) is 17.6 Å². The molecular formula is C11H14O4S. The molecule has 0 saturated heterocycles. The second-order valence-electron chi connectivity index (χ2n) is 3.35. The zero-order valence-electron chi connectivity index (χ0n) is 8.96. The fraction of sp³-hybridized carbons (Fsp3) is 0.273. The Kier molecular flexibility index (Phi) is 4.23. The van der Waals surface area contributed by atoms with E-state index in [2.05, 4.69) is 10.8 Å². The van der Waals surface area contributed by atoms with E-state index in [1.54, 1.807) is 12.1 Å². The van der Waals surface area contributed by atoms with Crippen LogP contribution in [-0.4, -0.2) is 26.2 Å². The maximum Gasteiger partial charge on any atom is 0.297 e. The van der Waals surface area contributed by atoms with E-state index in [0.29, 0.717) is 0 Å². The van der Waals surface area contributed by atoms with Gasteiger partial charge in [0.2, 0.25) is 0 Å². The van der Waals surface area contributed by atoms with Gasteiger partial charge in [0, 0.05) is 0 Å². The summed E-state index contributed by atoms with van der Waals surface area (Å²) in [5, 5.41) is 9.10. The first-order valence-electron chi connectivity index (χ1n) is 4.72. The average molecular weight is 242 g/mol. The molecule has 1 unspecified atom stereocenters. The molecule has 0 saturated carbocycles. The summed E-state index contributed by atoms with van der Waals surface area (Å²) in [4.78, 5) is 0.0781. The first kappa shape index (κ1) is 12.9. The van der Waals surface area contributed by atoms with Gasteiger partial charge in [-0.1, -0.05) is 23.8 Å². The van der Waals surface area contributed by atoms with Gasteiger partial charge in [0.25, 0.3) is 10.1 Å². The lowest BCUT2D eigenvalue weighted by Crippen LogP contribution is -2.16. The van der Waals surface area contributed by atoms with Gasteiger partial charge in [-0.25, -0.2) is 0 Å². The van der Waals surface area contributed by atoms with Crippen LogP contribution >= 0.6 is 0 Å². The van der Waals surface area contributed by atoms with Gasteiger partial charge in [-0.3, -0.25) is 4.18 Å². The molecule has 1 aromatic rings. The molecule has 16 heavy (non-hydrogen) atoms. The second kappa shape index (κ2) is 5.25. The van der Waals surface area contributed by atoms with Crippen molar-refractivity contribution >= 4 is 10.1 Å². The predicted octanol–water partition coefficient (Wildman–Crippen LogP) is 1.25. The van der Waals surface area contributed by atoms with E-state index in [9.17, 15) is 8.42 Å². The first-order chi connectivity index (χ1) is 7.45. The van der Waals surface area contributed by atoms with Crippen molar-refractivity contribution in [2.75, 3.05) is 6.61 Å². The van der Waals surface area contributed by atoms with Crippen LogP contribution in [0.1, 0.15) is 5.56 Å². The van der Waals surface area contributed by atoms with Crippen molar-refractivity contribution in [2.24, 2.45) is 0 Å². The minimum absolute atomic E-state index is 0.0781. The molecule has 0 spiro atoms. The third kappa shape index (κ3) is 3.44. The molecule has 0 radical (unpaired) electrons. The molecule has 0 amide bonds. The van der Waals surface area contributed by atoms with Gasteiger partial charge >= 0.3 is 0 Å². The van der Waals surface area contributed by atoms with Gasteiger partial charge in [-0.15, -0.1) is 6.58 Å². The van der Waals surface area contributed by atoms with Gasteiger partial charge in [-0.2, -0.15) is 8.42 Å². The smallest absolute Gasteiger partial charge is 0.297 e.